The van der Waals surface area contributed by atoms with Crippen LogP contribution in [0.15, 0.2) is 57.7 Å². The van der Waals surface area contributed by atoms with Gasteiger partial charge in [0.05, 0.1) is 10.7 Å². The van der Waals surface area contributed by atoms with Crippen molar-refractivity contribution in [3.8, 4) is 0 Å². The molecule has 0 saturated carbocycles. The fourth-order valence-electron chi connectivity index (χ4n) is 2.02. The van der Waals surface area contributed by atoms with Gasteiger partial charge in [0.25, 0.3) is 0 Å². The molecule has 0 aliphatic rings. The van der Waals surface area contributed by atoms with E-state index in [0.717, 1.165) is 4.90 Å². The third-order valence-corrected chi connectivity index (χ3v) is 4.02. The second-order valence-corrected chi connectivity index (χ2v) is 5.88. The average molecular weight is 347 g/mol. The number of azo groups is 1. The van der Waals surface area contributed by atoms with E-state index in [0.29, 0.717) is 16.4 Å². The van der Waals surface area contributed by atoms with Gasteiger partial charge in [0, 0.05) is 11.1 Å². The Morgan fingerprint density at radius 2 is 2.13 bits per heavy atom. The van der Waals surface area contributed by atoms with E-state index in [9.17, 15) is 9.90 Å². The number of benzene rings is 1. The largest absolute Gasteiger partial charge is 0.476 e. The number of pyridine rings is 1. The standard InChI is InChI=1S/C15H11ClN4O2S/c1-23-11-4-2-3-10(7-11)18-19-14-13(15(21)22)17-12-6-5-9(16)8-20(12)14/h2-8H,1H3,(H,21,22). The Morgan fingerprint density at radius 1 is 1.30 bits per heavy atom. The van der Waals surface area contributed by atoms with Gasteiger partial charge in [0.15, 0.2) is 11.5 Å². The molecule has 0 atom stereocenters. The van der Waals surface area contributed by atoms with Crippen molar-refractivity contribution in [2.45, 2.75) is 4.90 Å². The van der Waals surface area contributed by atoms with Crippen molar-refractivity contribution >= 4 is 46.5 Å². The van der Waals surface area contributed by atoms with Gasteiger partial charge < -0.3 is 5.11 Å². The minimum absolute atomic E-state index is 0.129. The maximum Gasteiger partial charge on any atom is 0.358 e. The molecule has 0 aliphatic heterocycles. The number of nitrogens with zero attached hydrogens (tertiary/aromatic N) is 4. The number of rotatable bonds is 4. The number of hydrogen-bond acceptors (Lipinski definition) is 5. The van der Waals surface area contributed by atoms with Crippen LogP contribution in [0.5, 0.6) is 0 Å². The molecule has 2 aromatic heterocycles. The highest BCUT2D eigenvalue weighted by molar-refractivity contribution is 7.98. The van der Waals surface area contributed by atoms with E-state index in [2.05, 4.69) is 15.2 Å². The molecule has 3 rings (SSSR count). The molecule has 1 N–H and O–H groups in total. The lowest BCUT2D eigenvalue weighted by Crippen LogP contribution is -1.96. The van der Waals surface area contributed by atoms with Gasteiger partial charge in [-0.25, -0.2) is 9.78 Å². The summed E-state index contributed by atoms with van der Waals surface area (Å²) >= 11 is 7.55. The summed E-state index contributed by atoms with van der Waals surface area (Å²) in [7, 11) is 0. The Bertz CT molecular complexity index is 923. The summed E-state index contributed by atoms with van der Waals surface area (Å²) in [6.07, 6.45) is 3.52. The summed E-state index contributed by atoms with van der Waals surface area (Å²) in [4.78, 5) is 16.5. The molecule has 1 aromatic carbocycles. The average Bonchev–Trinajstić information content (AvgIpc) is 2.91. The van der Waals surface area contributed by atoms with Crippen molar-refractivity contribution in [1.82, 2.24) is 9.38 Å². The highest BCUT2D eigenvalue weighted by Crippen LogP contribution is 2.27. The first kappa shape index (κ1) is 15.5. The van der Waals surface area contributed by atoms with Crippen LogP contribution in [0.1, 0.15) is 10.5 Å². The molecule has 23 heavy (non-hydrogen) atoms. The fourth-order valence-corrected chi connectivity index (χ4v) is 2.64. The molecule has 0 amide bonds. The van der Waals surface area contributed by atoms with Crippen LogP contribution in [-0.2, 0) is 0 Å². The molecule has 0 spiro atoms. The predicted octanol–water partition coefficient (Wildman–Crippen LogP) is 4.82. The maximum atomic E-state index is 11.4. The van der Waals surface area contributed by atoms with Gasteiger partial charge in [-0.1, -0.05) is 17.7 Å². The van der Waals surface area contributed by atoms with Crippen LogP contribution < -0.4 is 0 Å². The third-order valence-electron chi connectivity index (χ3n) is 3.07. The molecule has 2 heterocycles. The molecule has 0 radical (unpaired) electrons. The Hall–Kier alpha value is -2.38. The summed E-state index contributed by atoms with van der Waals surface area (Å²) in [6, 6.07) is 10.7. The number of aromatic nitrogens is 2. The number of aromatic carboxylic acids is 1. The summed E-state index contributed by atoms with van der Waals surface area (Å²) in [5, 5.41) is 18.0. The zero-order valence-electron chi connectivity index (χ0n) is 12.0. The summed E-state index contributed by atoms with van der Waals surface area (Å²) < 4.78 is 1.51. The van der Waals surface area contributed by atoms with Gasteiger partial charge in [-0.05, 0) is 36.6 Å². The number of carboxylic acid groups (broad SMARTS) is 1. The minimum Gasteiger partial charge on any atom is -0.476 e. The smallest absolute Gasteiger partial charge is 0.358 e. The van der Waals surface area contributed by atoms with Crippen LogP contribution in [0.2, 0.25) is 5.02 Å². The minimum atomic E-state index is -1.17. The van der Waals surface area contributed by atoms with E-state index < -0.39 is 5.97 Å². The lowest BCUT2D eigenvalue weighted by atomic mass is 10.3. The van der Waals surface area contributed by atoms with Crippen molar-refractivity contribution in [1.29, 1.82) is 0 Å². The highest BCUT2D eigenvalue weighted by Gasteiger charge is 2.18. The Labute approximate surface area is 140 Å². The van der Waals surface area contributed by atoms with Gasteiger partial charge in [-0.15, -0.1) is 22.0 Å². The molecule has 3 aromatic rings. The van der Waals surface area contributed by atoms with Gasteiger partial charge in [-0.3, -0.25) is 4.40 Å². The number of thioether (sulfide) groups is 1. The molecular formula is C15H11ClN4O2S. The van der Waals surface area contributed by atoms with Crippen LogP contribution in [0.25, 0.3) is 5.65 Å². The van der Waals surface area contributed by atoms with E-state index in [-0.39, 0.29) is 11.5 Å². The van der Waals surface area contributed by atoms with E-state index in [4.69, 9.17) is 11.6 Å². The van der Waals surface area contributed by atoms with E-state index >= 15 is 0 Å². The van der Waals surface area contributed by atoms with E-state index in [1.54, 1.807) is 36.2 Å². The van der Waals surface area contributed by atoms with Gasteiger partial charge >= 0.3 is 5.97 Å². The first-order valence-corrected chi connectivity index (χ1v) is 8.15. The Morgan fingerprint density at radius 3 is 2.87 bits per heavy atom. The number of fused-ring (bicyclic) bond motifs is 1. The SMILES string of the molecule is CSc1cccc(N=Nc2c(C(=O)O)nc3ccc(Cl)cn23)c1. The van der Waals surface area contributed by atoms with Crippen LogP contribution in [0.3, 0.4) is 0 Å². The number of hydrogen-bond donors (Lipinski definition) is 1. The fraction of sp³-hybridized carbons (Fsp3) is 0.0667. The zero-order chi connectivity index (χ0) is 16.4. The molecule has 0 unspecified atom stereocenters. The Balaban J connectivity index is 2.10. The van der Waals surface area contributed by atoms with Crippen LogP contribution >= 0.6 is 23.4 Å². The lowest BCUT2D eigenvalue weighted by Gasteiger charge is -1.99. The lowest BCUT2D eigenvalue weighted by molar-refractivity contribution is 0.0692. The molecule has 0 saturated heterocycles. The first-order valence-electron chi connectivity index (χ1n) is 6.55. The Kier molecular flexibility index (Phi) is 4.31. The topological polar surface area (TPSA) is 79.3 Å². The molecular weight excluding hydrogens is 336 g/mol. The zero-order valence-corrected chi connectivity index (χ0v) is 13.5. The van der Waals surface area contributed by atoms with Gasteiger partial charge in [0.2, 0.25) is 0 Å². The maximum absolute atomic E-state index is 11.4. The number of carbonyl (C=O) groups is 1. The van der Waals surface area contributed by atoms with Crippen molar-refractivity contribution in [2.75, 3.05) is 6.26 Å². The normalized spacial score (nSPS) is 11.4. The monoisotopic (exact) mass is 346 g/mol. The second-order valence-electron chi connectivity index (χ2n) is 4.57. The molecule has 8 heteroatoms. The second kappa shape index (κ2) is 6.39. The molecule has 0 bridgehead atoms. The molecule has 0 aliphatic carbocycles. The van der Waals surface area contributed by atoms with Crippen molar-refractivity contribution < 1.29 is 9.90 Å². The van der Waals surface area contributed by atoms with Crippen molar-refractivity contribution in [2.24, 2.45) is 10.2 Å². The van der Waals surface area contributed by atoms with E-state index in [1.165, 1.54) is 4.40 Å². The van der Waals surface area contributed by atoms with Crippen molar-refractivity contribution in [3.63, 3.8) is 0 Å². The van der Waals surface area contributed by atoms with E-state index in [1.807, 2.05) is 24.5 Å². The summed E-state index contributed by atoms with van der Waals surface area (Å²) in [6.45, 7) is 0. The molecule has 0 fully saturated rings. The third kappa shape index (κ3) is 3.20. The number of halogens is 1. The quantitative estimate of drug-likeness (QED) is 0.542. The summed E-state index contributed by atoms with van der Waals surface area (Å²) in [5.74, 6) is -1.04. The highest BCUT2D eigenvalue weighted by atomic mass is 35.5. The van der Waals surface area contributed by atoms with Crippen molar-refractivity contribution in [3.05, 3.63) is 53.3 Å². The predicted molar refractivity (Wildman–Crippen MR) is 89.6 cm³/mol. The van der Waals surface area contributed by atoms with Crippen LogP contribution in [0, 0.1) is 0 Å². The summed E-state index contributed by atoms with van der Waals surface area (Å²) in [5.41, 5.74) is 0.904. The van der Waals surface area contributed by atoms with Gasteiger partial charge in [0.1, 0.15) is 5.65 Å². The van der Waals surface area contributed by atoms with Gasteiger partial charge in [-0.2, -0.15) is 0 Å². The first-order chi connectivity index (χ1) is 11.1. The number of imidazole rings is 1. The molecule has 116 valence electrons. The van der Waals surface area contributed by atoms with Crippen LogP contribution in [-0.4, -0.2) is 26.7 Å². The molecule has 6 nitrogen and oxygen atoms in total. The number of carboxylic acids is 1. The van der Waals surface area contributed by atoms with Crippen LogP contribution in [0.4, 0.5) is 11.5 Å².